The third kappa shape index (κ3) is 3.67. The van der Waals surface area contributed by atoms with E-state index in [4.69, 9.17) is 0 Å². The van der Waals surface area contributed by atoms with Gasteiger partial charge in [-0.2, -0.15) is 0 Å². The SMILES string of the molecule is CCC(C)n1c(=O)c2ccccc2n(CC(=O)Nc2ccc(F)cc2)c1=O. The van der Waals surface area contributed by atoms with Crippen LogP contribution in [0.1, 0.15) is 26.3 Å². The minimum atomic E-state index is -0.526. The van der Waals surface area contributed by atoms with Crippen LogP contribution in [0.3, 0.4) is 0 Å². The number of anilines is 1. The largest absolute Gasteiger partial charge is 0.332 e. The van der Waals surface area contributed by atoms with Gasteiger partial charge in [0.25, 0.3) is 5.56 Å². The molecule has 0 aliphatic heterocycles. The molecule has 0 radical (unpaired) electrons. The van der Waals surface area contributed by atoms with Crippen molar-refractivity contribution >= 4 is 22.5 Å². The number of halogens is 1. The molecule has 3 aromatic rings. The minimum Gasteiger partial charge on any atom is -0.325 e. The Morgan fingerprint density at radius 2 is 1.78 bits per heavy atom. The van der Waals surface area contributed by atoms with Crippen LogP contribution in [-0.4, -0.2) is 15.0 Å². The second-order valence-corrected chi connectivity index (χ2v) is 6.37. The van der Waals surface area contributed by atoms with Crippen LogP contribution in [0.15, 0.2) is 58.1 Å². The van der Waals surface area contributed by atoms with Crippen molar-refractivity contribution in [2.45, 2.75) is 32.9 Å². The number of carbonyl (C=O) groups is 1. The van der Waals surface area contributed by atoms with Gasteiger partial charge in [0.1, 0.15) is 12.4 Å². The lowest BCUT2D eigenvalue weighted by molar-refractivity contribution is -0.116. The van der Waals surface area contributed by atoms with Gasteiger partial charge < -0.3 is 5.32 Å². The molecule has 0 saturated carbocycles. The Kier molecular flexibility index (Phi) is 5.21. The molecule has 0 aliphatic carbocycles. The lowest BCUT2D eigenvalue weighted by Gasteiger charge is -2.17. The summed E-state index contributed by atoms with van der Waals surface area (Å²) >= 11 is 0. The number of hydrogen-bond acceptors (Lipinski definition) is 3. The summed E-state index contributed by atoms with van der Waals surface area (Å²) in [6, 6.07) is 11.8. The van der Waals surface area contributed by atoms with Crippen molar-refractivity contribution in [2.75, 3.05) is 5.32 Å². The Labute approximate surface area is 154 Å². The monoisotopic (exact) mass is 369 g/mol. The van der Waals surface area contributed by atoms with Gasteiger partial charge in [0, 0.05) is 11.7 Å². The van der Waals surface area contributed by atoms with Crippen molar-refractivity contribution in [3.05, 3.63) is 75.2 Å². The second-order valence-electron chi connectivity index (χ2n) is 6.37. The zero-order valence-corrected chi connectivity index (χ0v) is 15.1. The molecule has 1 N–H and O–H groups in total. The van der Waals surface area contributed by atoms with Crippen molar-refractivity contribution < 1.29 is 9.18 Å². The van der Waals surface area contributed by atoms with Crippen LogP contribution in [0.5, 0.6) is 0 Å². The van der Waals surface area contributed by atoms with E-state index in [0.29, 0.717) is 23.0 Å². The van der Waals surface area contributed by atoms with Crippen LogP contribution in [0.2, 0.25) is 0 Å². The van der Waals surface area contributed by atoms with Crippen LogP contribution in [-0.2, 0) is 11.3 Å². The highest BCUT2D eigenvalue weighted by atomic mass is 19.1. The van der Waals surface area contributed by atoms with Crippen molar-refractivity contribution in [1.29, 1.82) is 0 Å². The molecule has 0 saturated heterocycles. The van der Waals surface area contributed by atoms with Crippen LogP contribution < -0.4 is 16.6 Å². The average Bonchev–Trinajstić information content (AvgIpc) is 2.67. The molecule has 27 heavy (non-hydrogen) atoms. The van der Waals surface area contributed by atoms with E-state index in [1.54, 1.807) is 31.2 Å². The maximum atomic E-state index is 13.0. The Morgan fingerprint density at radius 3 is 2.44 bits per heavy atom. The van der Waals surface area contributed by atoms with E-state index in [-0.39, 0.29) is 18.1 Å². The molecule has 140 valence electrons. The maximum absolute atomic E-state index is 13.0. The molecule has 6 nitrogen and oxygen atoms in total. The van der Waals surface area contributed by atoms with E-state index in [2.05, 4.69) is 5.32 Å². The summed E-state index contributed by atoms with van der Waals surface area (Å²) in [5.41, 5.74) is -0.0576. The molecular weight excluding hydrogens is 349 g/mol. The molecule has 1 amide bonds. The van der Waals surface area contributed by atoms with Crippen molar-refractivity contribution in [3.8, 4) is 0 Å². The zero-order valence-electron chi connectivity index (χ0n) is 15.1. The fourth-order valence-electron chi connectivity index (χ4n) is 2.94. The number of nitrogens with one attached hydrogen (secondary N) is 1. The average molecular weight is 369 g/mol. The third-order valence-corrected chi connectivity index (χ3v) is 4.54. The molecule has 1 aromatic heterocycles. The summed E-state index contributed by atoms with van der Waals surface area (Å²) in [7, 11) is 0. The van der Waals surface area contributed by atoms with E-state index in [0.717, 1.165) is 0 Å². The number of rotatable bonds is 5. The first-order valence-corrected chi connectivity index (χ1v) is 8.72. The van der Waals surface area contributed by atoms with Gasteiger partial charge in [0.2, 0.25) is 5.91 Å². The first-order valence-electron chi connectivity index (χ1n) is 8.72. The van der Waals surface area contributed by atoms with Gasteiger partial charge >= 0.3 is 5.69 Å². The van der Waals surface area contributed by atoms with E-state index in [9.17, 15) is 18.8 Å². The number of fused-ring (bicyclic) bond motifs is 1. The maximum Gasteiger partial charge on any atom is 0.332 e. The first-order chi connectivity index (χ1) is 12.9. The number of hydrogen-bond donors (Lipinski definition) is 1. The summed E-state index contributed by atoms with van der Waals surface area (Å²) < 4.78 is 15.5. The Morgan fingerprint density at radius 1 is 1.11 bits per heavy atom. The molecule has 0 spiro atoms. The number of nitrogens with zero attached hydrogens (tertiary/aromatic N) is 2. The number of carbonyl (C=O) groups excluding carboxylic acids is 1. The molecule has 1 heterocycles. The quantitative estimate of drug-likeness (QED) is 0.752. The predicted molar refractivity (Wildman–Crippen MR) is 102 cm³/mol. The highest BCUT2D eigenvalue weighted by Gasteiger charge is 2.18. The second kappa shape index (κ2) is 7.57. The predicted octanol–water partition coefficient (Wildman–Crippen LogP) is 2.91. The molecule has 0 fully saturated rings. The highest BCUT2D eigenvalue weighted by molar-refractivity contribution is 5.91. The first kappa shape index (κ1) is 18.6. The highest BCUT2D eigenvalue weighted by Crippen LogP contribution is 2.12. The van der Waals surface area contributed by atoms with Gasteiger partial charge in [-0.05, 0) is 49.7 Å². The van der Waals surface area contributed by atoms with Crippen molar-refractivity contribution in [3.63, 3.8) is 0 Å². The molecule has 0 aliphatic rings. The number of amides is 1. The fraction of sp³-hybridized carbons (Fsp3) is 0.250. The molecule has 3 rings (SSSR count). The number of benzene rings is 2. The molecule has 1 atom stereocenters. The van der Waals surface area contributed by atoms with Crippen LogP contribution >= 0.6 is 0 Å². The van der Waals surface area contributed by atoms with Crippen LogP contribution in [0.4, 0.5) is 10.1 Å². The summed E-state index contributed by atoms with van der Waals surface area (Å²) in [6.45, 7) is 3.42. The van der Waals surface area contributed by atoms with Gasteiger partial charge in [-0.1, -0.05) is 19.1 Å². The van der Waals surface area contributed by atoms with Gasteiger partial charge in [-0.3, -0.25) is 18.7 Å². The van der Waals surface area contributed by atoms with E-state index in [1.165, 1.54) is 33.4 Å². The molecule has 0 bridgehead atoms. The number of aromatic nitrogens is 2. The zero-order chi connectivity index (χ0) is 19.6. The Hall–Kier alpha value is -3.22. The Bertz CT molecular complexity index is 1100. The minimum absolute atomic E-state index is 0.257. The van der Waals surface area contributed by atoms with E-state index < -0.39 is 17.4 Å². The standard InChI is InChI=1S/C20H20FN3O3/c1-3-13(2)24-19(26)16-6-4-5-7-17(16)23(20(24)27)12-18(25)22-15-10-8-14(21)9-11-15/h4-11,13H,3,12H2,1-2H3,(H,22,25). The summed E-state index contributed by atoms with van der Waals surface area (Å²) in [4.78, 5) is 38.1. The van der Waals surface area contributed by atoms with Crippen molar-refractivity contribution in [2.24, 2.45) is 0 Å². The summed E-state index contributed by atoms with van der Waals surface area (Å²) in [6.07, 6.45) is 0.606. The van der Waals surface area contributed by atoms with Crippen LogP contribution in [0, 0.1) is 5.82 Å². The Balaban J connectivity index is 2.05. The lowest BCUT2D eigenvalue weighted by Crippen LogP contribution is -2.43. The lowest BCUT2D eigenvalue weighted by atomic mass is 10.2. The van der Waals surface area contributed by atoms with E-state index >= 15 is 0 Å². The molecule has 7 heteroatoms. The summed E-state index contributed by atoms with van der Waals surface area (Å²) in [5, 5.41) is 3.02. The topological polar surface area (TPSA) is 73.1 Å². The van der Waals surface area contributed by atoms with Gasteiger partial charge in [0.05, 0.1) is 10.9 Å². The van der Waals surface area contributed by atoms with Gasteiger partial charge in [0.15, 0.2) is 0 Å². The summed E-state index contributed by atoms with van der Waals surface area (Å²) in [5.74, 6) is -0.848. The molecular formula is C20H20FN3O3. The van der Waals surface area contributed by atoms with Gasteiger partial charge in [-0.15, -0.1) is 0 Å². The van der Waals surface area contributed by atoms with Gasteiger partial charge in [-0.25, -0.2) is 9.18 Å². The smallest absolute Gasteiger partial charge is 0.325 e. The molecule has 2 aromatic carbocycles. The fourth-order valence-corrected chi connectivity index (χ4v) is 2.94. The number of para-hydroxylation sites is 1. The van der Waals surface area contributed by atoms with E-state index in [1.807, 2.05) is 6.92 Å². The van der Waals surface area contributed by atoms with Crippen LogP contribution in [0.25, 0.3) is 10.9 Å². The van der Waals surface area contributed by atoms with Crippen molar-refractivity contribution in [1.82, 2.24) is 9.13 Å². The molecule has 1 unspecified atom stereocenters. The normalized spacial score (nSPS) is 12.1. The third-order valence-electron chi connectivity index (χ3n) is 4.54.